The number of phosphoric ester groups is 1. The Labute approximate surface area is 169 Å². The molecule has 0 aromatic heterocycles. The summed E-state index contributed by atoms with van der Waals surface area (Å²) >= 11 is 3.11. The van der Waals surface area contributed by atoms with Crippen molar-refractivity contribution in [3.63, 3.8) is 0 Å². The van der Waals surface area contributed by atoms with Crippen LogP contribution < -0.4 is 9.05 Å². The lowest BCUT2D eigenvalue weighted by molar-refractivity contribution is 0.267. The molecule has 6 nitrogen and oxygen atoms in total. The molecule has 2 N–H and O–H groups in total. The summed E-state index contributed by atoms with van der Waals surface area (Å²) < 4.78 is 156. The highest BCUT2D eigenvalue weighted by atomic mass is 32.7. The van der Waals surface area contributed by atoms with Gasteiger partial charge in [-0.15, -0.1) is 0 Å². The largest absolute Gasteiger partial charge is 0.535 e. The van der Waals surface area contributed by atoms with Gasteiger partial charge in [0, 0.05) is 0 Å². The molecule has 0 heterocycles. The zero-order valence-corrected chi connectivity index (χ0v) is 16.4. The molecular weight excluding hydrogens is 522 g/mol. The van der Waals surface area contributed by atoms with Crippen molar-refractivity contribution < 1.29 is 66.7 Å². The topological polar surface area (TPSA) is 88.8 Å². The molecule has 2 aromatic rings. The van der Waals surface area contributed by atoms with E-state index >= 15 is 0 Å². The van der Waals surface area contributed by atoms with Crippen molar-refractivity contribution >= 4 is 26.8 Å². The Kier molecular flexibility index (Phi) is 6.98. The van der Waals surface area contributed by atoms with E-state index in [1.807, 2.05) is 0 Å². The maximum atomic E-state index is 13.6. The van der Waals surface area contributed by atoms with Crippen molar-refractivity contribution in [1.29, 1.82) is 5.16 Å². The Morgan fingerprint density at radius 1 is 0.613 bits per heavy atom. The van der Waals surface area contributed by atoms with Crippen LogP contribution in [-0.4, -0.2) is 4.89 Å². The van der Waals surface area contributed by atoms with E-state index in [1.165, 1.54) is 0 Å². The van der Waals surface area contributed by atoms with Crippen molar-refractivity contribution in [2.24, 2.45) is 0 Å². The summed E-state index contributed by atoms with van der Waals surface area (Å²) in [5.41, 5.74) is 0. The van der Waals surface area contributed by atoms with Crippen LogP contribution in [0.25, 0.3) is 0 Å². The molecule has 0 spiro atoms. The van der Waals surface area contributed by atoms with E-state index in [0.717, 1.165) is 0 Å². The van der Waals surface area contributed by atoms with Crippen molar-refractivity contribution in [3.8, 4) is 11.5 Å². The SMILES string of the molecule is N=P(S)(Oc1c(F)c(F)c(F)c(F)c1F)OP(=O)(O)Oc1c(F)c(F)c(F)c(F)c1F. The van der Waals surface area contributed by atoms with E-state index in [1.54, 1.807) is 0 Å². The molecule has 0 amide bonds. The van der Waals surface area contributed by atoms with Crippen LogP contribution in [0.4, 0.5) is 43.9 Å². The number of benzene rings is 2. The van der Waals surface area contributed by atoms with Gasteiger partial charge in [0.15, 0.2) is 0 Å². The lowest BCUT2D eigenvalue weighted by Crippen LogP contribution is -2.08. The highest BCUT2D eigenvalue weighted by Gasteiger charge is 2.39. The van der Waals surface area contributed by atoms with E-state index in [4.69, 9.17) is 5.16 Å². The maximum Gasteiger partial charge on any atom is 0.535 e. The number of hydrogen-bond acceptors (Lipinski definition) is 5. The Morgan fingerprint density at radius 3 is 1.19 bits per heavy atom. The summed E-state index contributed by atoms with van der Waals surface area (Å²) in [4.78, 5) is 9.40. The number of rotatable bonds is 6. The van der Waals surface area contributed by atoms with Crippen LogP contribution in [-0.2, 0) is 8.88 Å². The summed E-state index contributed by atoms with van der Waals surface area (Å²) in [5, 5.41) is 7.35. The second kappa shape index (κ2) is 8.54. The van der Waals surface area contributed by atoms with Gasteiger partial charge < -0.3 is 9.05 Å². The van der Waals surface area contributed by atoms with E-state index in [2.05, 4.69) is 25.6 Å². The molecule has 2 atom stereocenters. The third-order valence-corrected chi connectivity index (χ3v) is 6.43. The monoisotopic (exact) mass is 525 g/mol. The van der Waals surface area contributed by atoms with Crippen LogP contribution in [0, 0.1) is 63.3 Å². The minimum absolute atomic E-state index is 2.19. The molecule has 0 fully saturated rings. The molecule has 19 heteroatoms. The van der Waals surface area contributed by atoms with Gasteiger partial charge in [-0.05, 0) is 0 Å². The van der Waals surface area contributed by atoms with E-state index in [9.17, 15) is 53.4 Å². The standard InChI is InChI=1S/C12H3F10NO5P2S/c13-1-3(15)7(19)11(8(20)4(1)16)26-29(23,31)28-30(24,25)27-12-9(21)5(17)2(14)6(18)10(12)22/h(H2,23,31)(H,24,25). The molecule has 0 radical (unpaired) electrons. The van der Waals surface area contributed by atoms with E-state index in [0.29, 0.717) is 0 Å². The molecule has 0 aliphatic carbocycles. The third-order valence-electron chi connectivity index (χ3n) is 2.97. The van der Waals surface area contributed by atoms with Gasteiger partial charge in [0.05, 0.1) is 0 Å². The molecule has 0 saturated heterocycles. The lowest BCUT2D eigenvalue weighted by atomic mass is 10.3. The zero-order chi connectivity index (χ0) is 24.0. The summed E-state index contributed by atoms with van der Waals surface area (Å²) in [5.74, 6) is -30.9. The number of halogens is 10. The number of nitrogens with one attached hydrogen (secondary N) is 1. The van der Waals surface area contributed by atoms with Gasteiger partial charge in [0.1, 0.15) is 0 Å². The van der Waals surface area contributed by atoms with Gasteiger partial charge in [-0.1, -0.05) is 12.2 Å². The molecule has 2 aromatic carbocycles. The summed E-state index contributed by atoms with van der Waals surface area (Å²) in [7, 11) is -6.13. The van der Waals surface area contributed by atoms with Crippen LogP contribution in [0.3, 0.4) is 0 Å². The average molecular weight is 525 g/mol. The zero-order valence-electron chi connectivity index (χ0n) is 13.7. The van der Waals surface area contributed by atoms with Gasteiger partial charge in [0.25, 0.3) is 0 Å². The normalized spacial score (nSPS) is 15.4. The van der Waals surface area contributed by atoms with Crippen LogP contribution >= 0.6 is 26.8 Å². The highest BCUT2D eigenvalue weighted by molar-refractivity contribution is 8.45. The third kappa shape index (κ3) is 4.95. The molecule has 31 heavy (non-hydrogen) atoms. The predicted molar refractivity (Wildman–Crippen MR) is 83.3 cm³/mol. The molecule has 0 bridgehead atoms. The van der Waals surface area contributed by atoms with Crippen LogP contribution in [0.15, 0.2) is 0 Å². The van der Waals surface area contributed by atoms with Crippen molar-refractivity contribution in [2.45, 2.75) is 0 Å². The Morgan fingerprint density at radius 2 is 0.871 bits per heavy atom. The minimum atomic E-state index is -6.13. The molecule has 2 unspecified atom stereocenters. The van der Waals surface area contributed by atoms with E-state index in [-0.39, 0.29) is 0 Å². The van der Waals surface area contributed by atoms with Gasteiger partial charge in [0.2, 0.25) is 69.7 Å². The highest BCUT2D eigenvalue weighted by Crippen LogP contribution is 2.66. The Bertz CT molecular complexity index is 1030. The first-order valence-corrected chi connectivity index (χ1v) is 11.1. The quantitative estimate of drug-likeness (QED) is 0.139. The number of phosphoric acid groups is 1. The molecule has 0 aliphatic rings. The summed E-state index contributed by atoms with van der Waals surface area (Å²) in [6.45, 7) is -5.23. The van der Waals surface area contributed by atoms with E-state index < -0.39 is 84.2 Å². The second-order valence-electron chi connectivity index (χ2n) is 5.05. The fourth-order valence-electron chi connectivity index (χ4n) is 1.74. The van der Waals surface area contributed by atoms with Gasteiger partial charge in [-0.2, -0.15) is 21.9 Å². The second-order valence-corrected chi connectivity index (χ2v) is 9.63. The first-order valence-electron chi connectivity index (χ1n) is 6.83. The molecule has 0 aliphatic heterocycles. The summed E-state index contributed by atoms with van der Waals surface area (Å²) in [6, 6.07) is 0. The summed E-state index contributed by atoms with van der Waals surface area (Å²) in [6.07, 6.45) is 0. The molecule has 172 valence electrons. The minimum Gasteiger partial charge on any atom is -0.424 e. The average Bonchev–Trinajstić information content (AvgIpc) is 2.67. The van der Waals surface area contributed by atoms with Crippen LogP contribution in [0.1, 0.15) is 0 Å². The Hall–Kier alpha value is -1.93. The predicted octanol–water partition coefficient (Wildman–Crippen LogP) is 6.11. The molecular formula is C12H3F10NO5P2S. The molecule has 2 rings (SSSR count). The first kappa shape index (κ1) is 25.3. The van der Waals surface area contributed by atoms with Gasteiger partial charge >= 0.3 is 14.5 Å². The lowest BCUT2D eigenvalue weighted by Gasteiger charge is -2.21. The fraction of sp³-hybridized carbons (Fsp3) is 0. The first-order chi connectivity index (χ1) is 14.0. The van der Waals surface area contributed by atoms with Crippen LogP contribution in [0.5, 0.6) is 11.5 Å². The Balaban J connectivity index is 2.39. The van der Waals surface area contributed by atoms with Crippen LogP contribution in [0.2, 0.25) is 0 Å². The van der Waals surface area contributed by atoms with Crippen molar-refractivity contribution in [3.05, 3.63) is 58.2 Å². The fourth-order valence-corrected chi connectivity index (χ4v) is 5.00. The maximum absolute atomic E-state index is 13.6. The smallest absolute Gasteiger partial charge is 0.424 e. The number of thiol groups is 1. The molecule has 0 saturated carbocycles. The van der Waals surface area contributed by atoms with Crippen molar-refractivity contribution in [2.75, 3.05) is 0 Å². The van der Waals surface area contributed by atoms with Crippen molar-refractivity contribution in [1.82, 2.24) is 0 Å². The van der Waals surface area contributed by atoms with Gasteiger partial charge in [-0.25, -0.2) is 36.1 Å². The number of hydrogen-bond donors (Lipinski definition) is 3. The van der Waals surface area contributed by atoms with Gasteiger partial charge in [-0.3, -0.25) is 4.89 Å².